The van der Waals surface area contributed by atoms with E-state index in [1.165, 1.54) is 0 Å². The van der Waals surface area contributed by atoms with E-state index in [4.69, 9.17) is 4.74 Å². The maximum atomic E-state index is 13.0. The van der Waals surface area contributed by atoms with Gasteiger partial charge in [-0.25, -0.2) is 13.1 Å². The largest absolute Gasteiger partial charge is 0.486 e. The summed E-state index contributed by atoms with van der Waals surface area (Å²) >= 11 is 0. The fourth-order valence-corrected chi connectivity index (χ4v) is 5.45. The van der Waals surface area contributed by atoms with Gasteiger partial charge < -0.3 is 9.84 Å². The van der Waals surface area contributed by atoms with Crippen LogP contribution in [0.1, 0.15) is 13.8 Å². The third-order valence-corrected chi connectivity index (χ3v) is 7.54. The first-order valence-electron chi connectivity index (χ1n) is 10.6. The minimum atomic E-state index is -3.85. The van der Waals surface area contributed by atoms with Gasteiger partial charge in [-0.05, 0) is 44.7 Å². The summed E-state index contributed by atoms with van der Waals surface area (Å²) in [4.78, 5) is 8.64. The number of nitrogens with zero attached hydrogens (tertiary/aromatic N) is 3. The first kappa shape index (κ1) is 22.2. The molecule has 3 atom stereocenters. The van der Waals surface area contributed by atoms with E-state index in [1.807, 2.05) is 19.2 Å². The van der Waals surface area contributed by atoms with Crippen molar-refractivity contribution in [3.63, 3.8) is 0 Å². The molecule has 31 heavy (non-hydrogen) atoms. The van der Waals surface area contributed by atoms with Crippen molar-refractivity contribution >= 4 is 10.0 Å². The third-order valence-electron chi connectivity index (χ3n) is 6.08. The van der Waals surface area contributed by atoms with E-state index in [9.17, 15) is 13.5 Å². The van der Waals surface area contributed by atoms with Crippen LogP contribution in [-0.4, -0.2) is 85.8 Å². The minimum Gasteiger partial charge on any atom is -0.486 e. The summed E-state index contributed by atoms with van der Waals surface area (Å²) in [5.74, 6) is 0.319. The van der Waals surface area contributed by atoms with E-state index in [0.29, 0.717) is 24.9 Å². The fourth-order valence-electron chi connectivity index (χ4n) is 4.26. The number of aliphatic hydroxyl groups excluding tert-OH is 1. The Morgan fingerprint density at radius 2 is 2.00 bits per heavy atom. The van der Waals surface area contributed by atoms with E-state index in [1.54, 1.807) is 30.6 Å². The highest BCUT2D eigenvalue weighted by molar-refractivity contribution is 7.89. The summed E-state index contributed by atoms with van der Waals surface area (Å²) in [7, 11) is -1.90. The molecule has 0 radical (unpaired) electrons. The number of sulfonamides is 1. The smallest absolute Gasteiger partial charge is 0.244 e. The number of benzene rings is 1. The average molecular weight is 447 g/mol. The van der Waals surface area contributed by atoms with Gasteiger partial charge in [0.15, 0.2) is 0 Å². The number of ether oxygens (including phenoxy) is 1. The molecule has 0 bridgehead atoms. The molecule has 1 aromatic carbocycles. The zero-order valence-electron chi connectivity index (χ0n) is 18.1. The van der Waals surface area contributed by atoms with E-state index in [2.05, 4.69) is 33.4 Å². The predicted molar refractivity (Wildman–Crippen MR) is 118 cm³/mol. The van der Waals surface area contributed by atoms with Gasteiger partial charge in [-0.2, -0.15) is 0 Å². The maximum absolute atomic E-state index is 13.0. The summed E-state index contributed by atoms with van der Waals surface area (Å²) in [5, 5.41) is 10.4. The van der Waals surface area contributed by atoms with Gasteiger partial charge in [0.1, 0.15) is 16.7 Å². The molecule has 1 saturated heterocycles. The summed E-state index contributed by atoms with van der Waals surface area (Å²) < 4.78 is 35.0. The number of likely N-dealkylation sites (tertiary alicyclic amines) is 1. The molecule has 168 valence electrons. The Balaban J connectivity index is 1.78. The first-order chi connectivity index (χ1) is 14.7. The topological polar surface area (TPSA) is 95.0 Å². The number of aliphatic hydroxyl groups is 1. The number of likely N-dealkylation sites (N-methyl/N-ethyl adjacent to an activating group) is 1. The Hall–Kier alpha value is -2.04. The number of rotatable bonds is 2. The number of hydrogen-bond acceptors (Lipinski definition) is 7. The zero-order valence-corrected chi connectivity index (χ0v) is 18.9. The maximum Gasteiger partial charge on any atom is 0.244 e. The lowest BCUT2D eigenvalue weighted by atomic mass is 10.1. The van der Waals surface area contributed by atoms with Crippen LogP contribution in [0.4, 0.5) is 0 Å². The van der Waals surface area contributed by atoms with Crippen LogP contribution < -0.4 is 9.46 Å². The van der Waals surface area contributed by atoms with E-state index >= 15 is 0 Å². The van der Waals surface area contributed by atoms with Gasteiger partial charge in [0.05, 0.1) is 12.1 Å². The first-order valence-corrected chi connectivity index (χ1v) is 12.1. The Bertz CT molecular complexity index is 1020. The van der Waals surface area contributed by atoms with Gasteiger partial charge >= 0.3 is 0 Å². The van der Waals surface area contributed by atoms with E-state index in [-0.39, 0.29) is 23.6 Å². The van der Waals surface area contributed by atoms with E-state index in [0.717, 1.165) is 17.7 Å². The van der Waals surface area contributed by atoms with Crippen molar-refractivity contribution in [1.82, 2.24) is 19.5 Å². The molecular formula is C22H30N4O4S. The van der Waals surface area contributed by atoms with Crippen LogP contribution in [0.25, 0.3) is 11.1 Å². The van der Waals surface area contributed by atoms with Crippen molar-refractivity contribution in [2.75, 3.05) is 33.2 Å². The summed E-state index contributed by atoms with van der Waals surface area (Å²) in [6.45, 7) is 6.06. The molecule has 9 heteroatoms. The highest BCUT2D eigenvalue weighted by Gasteiger charge is 2.39. The zero-order chi connectivity index (χ0) is 22.2. The van der Waals surface area contributed by atoms with Crippen LogP contribution in [0, 0.1) is 0 Å². The summed E-state index contributed by atoms with van der Waals surface area (Å²) in [6.07, 6.45) is 2.40. The number of pyridine rings is 1. The molecule has 2 aliphatic rings. The molecule has 2 N–H and O–H groups in total. The third kappa shape index (κ3) is 4.75. The lowest BCUT2D eigenvalue weighted by Gasteiger charge is -2.30. The van der Waals surface area contributed by atoms with Crippen LogP contribution in [0.3, 0.4) is 0 Å². The molecule has 1 fully saturated rings. The SMILES string of the molecule is CC(C)N1C[C@@H]2Oc3cc(-c4cccnc4)ccc3S(=O)(=O)NC[C@H](O)CN(C)[C@@H]2C1. The number of fused-ring (bicyclic) bond motifs is 2. The normalized spacial score (nSPS) is 27.2. The van der Waals surface area contributed by atoms with Crippen LogP contribution in [0.15, 0.2) is 47.6 Å². The number of β-amino-alcohol motifs (C(OH)–C–C–N with tert-alkyl or cyclic N) is 1. The van der Waals surface area contributed by atoms with Crippen molar-refractivity contribution in [3.8, 4) is 16.9 Å². The lowest BCUT2D eigenvalue weighted by Crippen LogP contribution is -2.47. The van der Waals surface area contributed by atoms with Crippen LogP contribution in [-0.2, 0) is 10.0 Å². The van der Waals surface area contributed by atoms with Crippen molar-refractivity contribution in [1.29, 1.82) is 0 Å². The van der Waals surface area contributed by atoms with Gasteiger partial charge in [0, 0.05) is 50.2 Å². The molecule has 0 amide bonds. The molecule has 0 unspecified atom stereocenters. The quantitative estimate of drug-likeness (QED) is 0.715. The van der Waals surface area contributed by atoms with Crippen LogP contribution >= 0.6 is 0 Å². The van der Waals surface area contributed by atoms with Gasteiger partial charge in [-0.3, -0.25) is 14.8 Å². The molecule has 3 heterocycles. The standard InChI is InChI=1S/C22H30N4O4S/c1-15(2)26-13-19-21(14-26)30-20-9-16(17-5-4-8-23-10-17)6-7-22(20)31(28,29)24-11-18(27)12-25(19)3/h4-10,15,18-19,21,24,27H,11-14H2,1-3H3/t18-,19+,21-/m0/s1. The number of nitrogens with one attached hydrogen (secondary N) is 1. The number of aromatic nitrogens is 1. The van der Waals surface area contributed by atoms with Gasteiger partial charge in [-0.1, -0.05) is 12.1 Å². The highest BCUT2D eigenvalue weighted by Crippen LogP contribution is 2.33. The Morgan fingerprint density at radius 3 is 2.71 bits per heavy atom. The van der Waals surface area contributed by atoms with Crippen LogP contribution in [0.2, 0.25) is 0 Å². The number of hydrogen-bond donors (Lipinski definition) is 2. The van der Waals surface area contributed by atoms with Crippen molar-refractivity contribution in [2.24, 2.45) is 0 Å². The molecule has 2 aliphatic heterocycles. The van der Waals surface area contributed by atoms with Crippen molar-refractivity contribution < 1.29 is 18.3 Å². The average Bonchev–Trinajstić information content (AvgIpc) is 3.16. The highest BCUT2D eigenvalue weighted by atomic mass is 32.2. The van der Waals surface area contributed by atoms with E-state index < -0.39 is 16.1 Å². The molecule has 0 aliphatic carbocycles. The van der Waals surface area contributed by atoms with Gasteiger partial charge in [0.25, 0.3) is 0 Å². The minimum absolute atomic E-state index is 0.0350. The molecule has 1 aromatic heterocycles. The Labute approximate surface area is 183 Å². The molecular weight excluding hydrogens is 416 g/mol. The molecule has 0 spiro atoms. The van der Waals surface area contributed by atoms with Crippen molar-refractivity contribution in [3.05, 3.63) is 42.7 Å². The van der Waals surface area contributed by atoms with Crippen LogP contribution in [0.5, 0.6) is 5.75 Å². The Kier molecular flexibility index (Phi) is 6.32. The monoisotopic (exact) mass is 446 g/mol. The Morgan fingerprint density at radius 1 is 1.19 bits per heavy atom. The second-order valence-electron chi connectivity index (χ2n) is 8.62. The fraction of sp³-hybridized carbons (Fsp3) is 0.500. The summed E-state index contributed by atoms with van der Waals surface area (Å²) in [5.41, 5.74) is 1.72. The molecule has 4 rings (SSSR count). The van der Waals surface area contributed by atoms with Crippen molar-refractivity contribution in [2.45, 2.75) is 43.0 Å². The predicted octanol–water partition coefficient (Wildman–Crippen LogP) is 1.17. The second-order valence-corrected chi connectivity index (χ2v) is 10.4. The molecule has 2 aromatic rings. The summed E-state index contributed by atoms with van der Waals surface area (Å²) in [6, 6.07) is 9.24. The van der Waals surface area contributed by atoms with Gasteiger partial charge in [-0.15, -0.1) is 0 Å². The van der Waals surface area contributed by atoms with Gasteiger partial charge in [0.2, 0.25) is 10.0 Å². The molecule has 8 nitrogen and oxygen atoms in total. The lowest BCUT2D eigenvalue weighted by molar-refractivity contribution is 0.0713. The second kappa shape index (κ2) is 8.84. The molecule has 0 saturated carbocycles.